The Kier molecular flexibility index (Phi) is 6.00. The molecule has 0 aromatic heterocycles. The zero-order valence-electron chi connectivity index (χ0n) is 9.74. The summed E-state index contributed by atoms with van der Waals surface area (Å²) in [4.78, 5) is 11.6. The van der Waals surface area contributed by atoms with Crippen LogP contribution in [0.25, 0.3) is 0 Å². The summed E-state index contributed by atoms with van der Waals surface area (Å²) in [5.74, 6) is 0. The van der Waals surface area contributed by atoms with Gasteiger partial charge in [0.05, 0.1) is 0 Å². The highest BCUT2D eigenvalue weighted by Crippen LogP contribution is 2.15. The van der Waals surface area contributed by atoms with Crippen LogP contribution < -0.4 is 10.6 Å². The summed E-state index contributed by atoms with van der Waals surface area (Å²) >= 11 is 3.34. The van der Waals surface area contributed by atoms with Crippen LogP contribution >= 0.6 is 15.9 Å². The number of aliphatic hydroxyl groups is 1. The number of carbonyl (C=O) groups excluding carboxylic acids is 1. The van der Waals surface area contributed by atoms with Crippen molar-refractivity contribution >= 4 is 27.6 Å². The Morgan fingerprint density at radius 1 is 1.53 bits per heavy atom. The fourth-order valence-electron chi connectivity index (χ4n) is 1.43. The topological polar surface area (TPSA) is 61.4 Å². The molecule has 3 N–H and O–H groups in total. The van der Waals surface area contributed by atoms with Crippen molar-refractivity contribution < 1.29 is 9.90 Å². The Hall–Kier alpha value is -1.07. The lowest BCUT2D eigenvalue weighted by Crippen LogP contribution is -2.36. The van der Waals surface area contributed by atoms with Gasteiger partial charge < -0.3 is 15.7 Å². The van der Waals surface area contributed by atoms with Crippen molar-refractivity contribution in [1.82, 2.24) is 5.32 Å². The van der Waals surface area contributed by atoms with Gasteiger partial charge in [-0.25, -0.2) is 4.79 Å². The van der Waals surface area contributed by atoms with Gasteiger partial charge in [0.2, 0.25) is 0 Å². The predicted molar refractivity (Wildman–Crippen MR) is 72.1 cm³/mol. The number of nitrogens with one attached hydrogen (secondary N) is 2. The van der Waals surface area contributed by atoms with Gasteiger partial charge in [-0.05, 0) is 38.0 Å². The second-order valence-corrected chi connectivity index (χ2v) is 4.79. The molecule has 1 atom stereocenters. The molecule has 0 saturated heterocycles. The Bertz CT molecular complexity index is 371. The van der Waals surface area contributed by atoms with Gasteiger partial charge in [-0.15, -0.1) is 0 Å². The number of hydrogen-bond acceptors (Lipinski definition) is 2. The van der Waals surface area contributed by atoms with Gasteiger partial charge in [-0.3, -0.25) is 0 Å². The van der Waals surface area contributed by atoms with Crippen molar-refractivity contribution in [3.63, 3.8) is 0 Å². The first-order valence-corrected chi connectivity index (χ1v) is 6.35. The van der Waals surface area contributed by atoms with Crippen molar-refractivity contribution in [2.75, 3.05) is 11.9 Å². The maximum atomic E-state index is 11.6. The summed E-state index contributed by atoms with van der Waals surface area (Å²) in [5.41, 5.74) is 0.742. The molecule has 0 heterocycles. The van der Waals surface area contributed by atoms with Crippen LogP contribution in [0.5, 0.6) is 0 Å². The van der Waals surface area contributed by atoms with E-state index in [-0.39, 0.29) is 18.7 Å². The van der Waals surface area contributed by atoms with E-state index in [1.54, 1.807) is 0 Å². The average molecular weight is 301 g/mol. The number of carbonyl (C=O) groups is 1. The Labute approximate surface area is 110 Å². The van der Waals surface area contributed by atoms with E-state index < -0.39 is 0 Å². The minimum absolute atomic E-state index is 0.0503. The highest BCUT2D eigenvalue weighted by atomic mass is 79.9. The second kappa shape index (κ2) is 7.29. The van der Waals surface area contributed by atoms with Gasteiger partial charge in [-0.2, -0.15) is 0 Å². The molecule has 0 aliphatic carbocycles. The van der Waals surface area contributed by atoms with Gasteiger partial charge in [0.1, 0.15) is 0 Å². The predicted octanol–water partition coefficient (Wildman–Crippen LogP) is 2.73. The molecule has 1 rings (SSSR count). The highest BCUT2D eigenvalue weighted by Gasteiger charge is 2.06. The highest BCUT2D eigenvalue weighted by molar-refractivity contribution is 9.10. The van der Waals surface area contributed by atoms with Crippen molar-refractivity contribution in [3.05, 3.63) is 28.7 Å². The molecule has 17 heavy (non-hydrogen) atoms. The number of anilines is 1. The summed E-state index contributed by atoms with van der Waals surface area (Å²) in [5, 5.41) is 14.2. The summed E-state index contributed by atoms with van der Waals surface area (Å²) < 4.78 is 0.920. The monoisotopic (exact) mass is 300 g/mol. The number of aliphatic hydroxyl groups excluding tert-OH is 1. The molecule has 0 bridgehead atoms. The van der Waals surface area contributed by atoms with E-state index in [2.05, 4.69) is 26.6 Å². The van der Waals surface area contributed by atoms with Crippen LogP contribution in [0.1, 0.15) is 19.8 Å². The number of urea groups is 1. The summed E-state index contributed by atoms with van der Waals surface area (Å²) in [6.45, 7) is 2.06. The van der Waals surface area contributed by atoms with Gasteiger partial charge in [-0.1, -0.05) is 22.0 Å². The summed E-state index contributed by atoms with van der Waals surface area (Å²) in [7, 11) is 0. The Balaban J connectivity index is 2.39. The molecule has 0 saturated carbocycles. The lowest BCUT2D eigenvalue weighted by Gasteiger charge is -2.14. The van der Waals surface area contributed by atoms with Crippen molar-refractivity contribution in [1.29, 1.82) is 0 Å². The third-order valence-corrected chi connectivity index (χ3v) is 2.75. The maximum Gasteiger partial charge on any atom is 0.319 e. The van der Waals surface area contributed by atoms with E-state index in [9.17, 15) is 4.79 Å². The Morgan fingerprint density at radius 2 is 2.29 bits per heavy atom. The minimum atomic E-state index is -0.228. The average Bonchev–Trinajstić information content (AvgIpc) is 2.26. The molecular formula is C12H17BrN2O2. The quantitative estimate of drug-likeness (QED) is 0.783. The van der Waals surface area contributed by atoms with E-state index in [0.29, 0.717) is 6.42 Å². The van der Waals surface area contributed by atoms with Crippen LogP contribution in [0.2, 0.25) is 0 Å². The summed E-state index contributed by atoms with van der Waals surface area (Å²) in [6.07, 6.45) is 1.46. The first-order chi connectivity index (χ1) is 8.11. The fourth-order valence-corrected chi connectivity index (χ4v) is 1.83. The van der Waals surface area contributed by atoms with Crippen LogP contribution in [-0.2, 0) is 0 Å². The molecule has 0 radical (unpaired) electrons. The van der Waals surface area contributed by atoms with Crippen molar-refractivity contribution in [2.45, 2.75) is 25.8 Å². The molecule has 94 valence electrons. The molecule has 5 heteroatoms. The molecule has 2 amide bonds. The lowest BCUT2D eigenvalue weighted by molar-refractivity contribution is 0.245. The van der Waals surface area contributed by atoms with E-state index in [0.717, 1.165) is 16.6 Å². The molecule has 1 aromatic carbocycles. The normalized spacial score (nSPS) is 11.9. The maximum absolute atomic E-state index is 11.6. The van der Waals surface area contributed by atoms with Gasteiger partial charge >= 0.3 is 6.03 Å². The van der Waals surface area contributed by atoms with Gasteiger partial charge in [0.25, 0.3) is 0 Å². The number of rotatable bonds is 5. The zero-order chi connectivity index (χ0) is 12.7. The third kappa shape index (κ3) is 5.70. The van der Waals surface area contributed by atoms with Crippen LogP contribution in [0.3, 0.4) is 0 Å². The van der Waals surface area contributed by atoms with Crippen LogP contribution in [-0.4, -0.2) is 23.8 Å². The molecule has 4 nitrogen and oxygen atoms in total. The van der Waals surface area contributed by atoms with Crippen molar-refractivity contribution in [2.24, 2.45) is 0 Å². The molecule has 1 unspecified atom stereocenters. The first-order valence-electron chi connectivity index (χ1n) is 5.55. The van der Waals surface area contributed by atoms with E-state index in [1.165, 1.54) is 0 Å². The van der Waals surface area contributed by atoms with E-state index >= 15 is 0 Å². The fraction of sp³-hybridized carbons (Fsp3) is 0.417. The minimum Gasteiger partial charge on any atom is -0.396 e. The molecule has 1 aromatic rings. The van der Waals surface area contributed by atoms with Crippen molar-refractivity contribution in [3.8, 4) is 0 Å². The summed E-state index contributed by atoms with van der Waals surface area (Å²) in [6, 6.07) is 7.23. The molecular weight excluding hydrogens is 284 g/mol. The van der Waals surface area contributed by atoms with Gasteiger partial charge in [0.15, 0.2) is 0 Å². The number of amides is 2. The smallest absolute Gasteiger partial charge is 0.319 e. The number of benzene rings is 1. The largest absolute Gasteiger partial charge is 0.396 e. The second-order valence-electron chi connectivity index (χ2n) is 3.88. The number of halogens is 1. The molecule has 0 fully saturated rings. The standard InChI is InChI=1S/C12H17BrN2O2/c1-9(4-3-7-16)14-12(17)15-11-6-2-5-10(13)8-11/h2,5-6,8-9,16H,3-4,7H2,1H3,(H2,14,15,17). The molecule has 0 aliphatic heterocycles. The Morgan fingerprint density at radius 3 is 2.94 bits per heavy atom. The lowest BCUT2D eigenvalue weighted by atomic mass is 10.2. The van der Waals surface area contributed by atoms with Crippen LogP contribution in [0.15, 0.2) is 28.7 Å². The van der Waals surface area contributed by atoms with E-state index in [4.69, 9.17) is 5.11 Å². The zero-order valence-corrected chi connectivity index (χ0v) is 11.3. The SMILES string of the molecule is CC(CCCO)NC(=O)Nc1cccc(Br)c1. The molecule has 0 spiro atoms. The van der Waals surface area contributed by atoms with Crippen LogP contribution in [0.4, 0.5) is 10.5 Å². The first kappa shape index (κ1) is 14.0. The van der Waals surface area contributed by atoms with Gasteiger partial charge in [0, 0.05) is 22.8 Å². The van der Waals surface area contributed by atoms with Crippen LogP contribution in [0, 0.1) is 0 Å². The van der Waals surface area contributed by atoms with E-state index in [1.807, 2.05) is 31.2 Å². The molecule has 0 aliphatic rings. The number of hydrogen-bond donors (Lipinski definition) is 3. The third-order valence-electron chi connectivity index (χ3n) is 2.26.